The molecule has 0 aromatic heterocycles. The first-order valence-corrected chi connectivity index (χ1v) is 7.19. The van der Waals surface area contributed by atoms with E-state index in [2.05, 4.69) is 6.92 Å². The Labute approximate surface area is 130 Å². The largest absolute Gasteiger partial charge is 0.493 e. The molecule has 0 heterocycles. The third-order valence-electron chi connectivity index (χ3n) is 3.24. The topological polar surface area (TPSA) is 27.7 Å². The minimum Gasteiger partial charge on any atom is -0.493 e. The summed E-state index contributed by atoms with van der Waals surface area (Å²) in [5.41, 5.74) is 1.05. The van der Waals surface area contributed by atoms with Crippen LogP contribution in [-0.2, 0) is 0 Å². The number of hydrogen-bond donors (Lipinski definition) is 0. The molecule has 2 aromatic rings. The summed E-state index contributed by atoms with van der Waals surface area (Å²) in [4.78, 5) is 0. The van der Waals surface area contributed by atoms with Gasteiger partial charge in [0.15, 0.2) is 11.5 Å². The Balaban J connectivity index is 2.22. The van der Waals surface area contributed by atoms with Crippen molar-refractivity contribution in [1.29, 1.82) is 0 Å². The summed E-state index contributed by atoms with van der Waals surface area (Å²) in [6, 6.07) is 13.2. The van der Waals surface area contributed by atoms with Crippen molar-refractivity contribution in [2.45, 2.75) is 19.4 Å². The van der Waals surface area contributed by atoms with Gasteiger partial charge in [0, 0.05) is 5.02 Å². The lowest BCUT2D eigenvalue weighted by Gasteiger charge is -2.19. The molecule has 0 saturated heterocycles. The van der Waals surface area contributed by atoms with Crippen LogP contribution in [0.25, 0.3) is 0 Å². The van der Waals surface area contributed by atoms with Crippen LogP contribution in [0.5, 0.6) is 17.2 Å². The second kappa shape index (κ2) is 7.23. The maximum atomic E-state index is 6.02. The summed E-state index contributed by atoms with van der Waals surface area (Å²) in [6.45, 7) is 2.08. The van der Waals surface area contributed by atoms with E-state index in [9.17, 15) is 0 Å². The Morgan fingerprint density at radius 2 is 1.62 bits per heavy atom. The van der Waals surface area contributed by atoms with E-state index in [0.29, 0.717) is 16.5 Å². The molecule has 0 amide bonds. The summed E-state index contributed by atoms with van der Waals surface area (Å²) < 4.78 is 16.6. The van der Waals surface area contributed by atoms with E-state index in [-0.39, 0.29) is 6.10 Å². The fourth-order valence-corrected chi connectivity index (χ4v) is 2.24. The van der Waals surface area contributed by atoms with Crippen LogP contribution < -0.4 is 14.2 Å². The van der Waals surface area contributed by atoms with Gasteiger partial charge in [-0.1, -0.05) is 24.6 Å². The van der Waals surface area contributed by atoms with E-state index in [1.54, 1.807) is 14.2 Å². The van der Waals surface area contributed by atoms with Crippen molar-refractivity contribution in [3.63, 3.8) is 0 Å². The molecule has 0 spiro atoms. The van der Waals surface area contributed by atoms with Crippen molar-refractivity contribution in [2.75, 3.05) is 14.2 Å². The quantitative estimate of drug-likeness (QED) is 0.760. The van der Waals surface area contributed by atoms with Gasteiger partial charge in [0.05, 0.1) is 14.2 Å². The van der Waals surface area contributed by atoms with Crippen LogP contribution in [0.1, 0.15) is 25.0 Å². The van der Waals surface area contributed by atoms with Crippen LogP contribution in [0.4, 0.5) is 0 Å². The van der Waals surface area contributed by atoms with Crippen molar-refractivity contribution in [1.82, 2.24) is 0 Å². The number of benzene rings is 2. The molecule has 21 heavy (non-hydrogen) atoms. The van der Waals surface area contributed by atoms with Crippen LogP contribution in [0, 0.1) is 0 Å². The highest BCUT2D eigenvalue weighted by atomic mass is 35.5. The Morgan fingerprint density at radius 3 is 2.19 bits per heavy atom. The average molecular weight is 307 g/mol. The molecule has 0 fully saturated rings. The molecule has 0 aliphatic heterocycles. The zero-order valence-electron chi connectivity index (χ0n) is 12.4. The number of ether oxygens (including phenoxy) is 3. The van der Waals surface area contributed by atoms with E-state index in [1.807, 2.05) is 42.5 Å². The zero-order chi connectivity index (χ0) is 15.2. The minimum atomic E-state index is -0.0500. The monoisotopic (exact) mass is 306 g/mol. The Hall–Kier alpha value is -1.87. The third-order valence-corrected chi connectivity index (χ3v) is 3.49. The number of rotatable bonds is 6. The zero-order valence-corrected chi connectivity index (χ0v) is 13.2. The van der Waals surface area contributed by atoms with Gasteiger partial charge in [0.1, 0.15) is 11.9 Å². The molecular weight excluding hydrogens is 288 g/mol. The Bertz CT molecular complexity index is 581. The molecule has 2 aromatic carbocycles. The van der Waals surface area contributed by atoms with Crippen LogP contribution in [0.2, 0.25) is 5.02 Å². The fourth-order valence-electron chi connectivity index (χ4n) is 2.12. The van der Waals surface area contributed by atoms with Gasteiger partial charge in [-0.05, 0) is 48.4 Å². The second-order valence-corrected chi connectivity index (χ2v) is 5.02. The standard InChI is InChI=1S/C17H19ClO3/c1-4-15(21-14-8-6-13(18)7-9-14)12-5-10-16(19-2)17(11-12)20-3/h5-11,15H,4H2,1-3H3. The highest BCUT2D eigenvalue weighted by Crippen LogP contribution is 2.33. The van der Waals surface area contributed by atoms with E-state index >= 15 is 0 Å². The van der Waals surface area contributed by atoms with E-state index in [1.165, 1.54) is 0 Å². The van der Waals surface area contributed by atoms with Gasteiger partial charge in [0.2, 0.25) is 0 Å². The Morgan fingerprint density at radius 1 is 0.952 bits per heavy atom. The molecule has 0 aliphatic rings. The molecule has 0 bridgehead atoms. The van der Waals surface area contributed by atoms with E-state index in [4.69, 9.17) is 25.8 Å². The Kier molecular flexibility index (Phi) is 5.34. The molecule has 1 unspecified atom stereocenters. The van der Waals surface area contributed by atoms with Crippen molar-refractivity contribution in [3.8, 4) is 17.2 Å². The van der Waals surface area contributed by atoms with Gasteiger partial charge in [0.25, 0.3) is 0 Å². The lowest BCUT2D eigenvalue weighted by Crippen LogP contribution is -2.07. The molecule has 112 valence electrons. The summed E-state index contributed by atoms with van der Waals surface area (Å²) in [5.74, 6) is 2.21. The second-order valence-electron chi connectivity index (χ2n) is 4.58. The highest BCUT2D eigenvalue weighted by Gasteiger charge is 2.14. The lowest BCUT2D eigenvalue weighted by molar-refractivity contribution is 0.200. The lowest BCUT2D eigenvalue weighted by atomic mass is 10.1. The van der Waals surface area contributed by atoms with Crippen molar-refractivity contribution in [3.05, 3.63) is 53.1 Å². The molecule has 3 nitrogen and oxygen atoms in total. The molecular formula is C17H19ClO3. The van der Waals surface area contributed by atoms with Crippen LogP contribution in [0.3, 0.4) is 0 Å². The van der Waals surface area contributed by atoms with E-state index in [0.717, 1.165) is 17.7 Å². The van der Waals surface area contributed by atoms with Crippen LogP contribution in [0.15, 0.2) is 42.5 Å². The van der Waals surface area contributed by atoms with Gasteiger partial charge >= 0.3 is 0 Å². The minimum absolute atomic E-state index is 0.0500. The first-order chi connectivity index (χ1) is 10.2. The smallest absolute Gasteiger partial charge is 0.161 e. The van der Waals surface area contributed by atoms with Crippen LogP contribution >= 0.6 is 11.6 Å². The molecule has 2 rings (SSSR count). The van der Waals surface area contributed by atoms with Gasteiger partial charge in [-0.15, -0.1) is 0 Å². The summed E-state index contributed by atoms with van der Waals surface area (Å²) >= 11 is 5.89. The predicted octanol–water partition coefficient (Wildman–Crippen LogP) is 4.89. The van der Waals surface area contributed by atoms with Crippen molar-refractivity contribution in [2.24, 2.45) is 0 Å². The fraction of sp³-hybridized carbons (Fsp3) is 0.294. The molecule has 4 heteroatoms. The number of halogens is 1. The summed E-state index contributed by atoms with van der Waals surface area (Å²) in [7, 11) is 3.25. The molecule has 1 atom stereocenters. The first-order valence-electron chi connectivity index (χ1n) is 6.82. The molecule has 0 saturated carbocycles. The normalized spacial score (nSPS) is 11.8. The van der Waals surface area contributed by atoms with Gasteiger partial charge in [-0.25, -0.2) is 0 Å². The van der Waals surface area contributed by atoms with E-state index < -0.39 is 0 Å². The van der Waals surface area contributed by atoms with Crippen molar-refractivity contribution >= 4 is 11.6 Å². The van der Waals surface area contributed by atoms with Gasteiger partial charge in [-0.3, -0.25) is 0 Å². The first kappa shape index (κ1) is 15.5. The summed E-state index contributed by atoms with van der Waals surface area (Å²) in [5, 5.41) is 0.696. The molecule has 0 radical (unpaired) electrons. The predicted molar refractivity (Wildman–Crippen MR) is 84.7 cm³/mol. The third kappa shape index (κ3) is 3.82. The maximum absolute atomic E-state index is 6.02. The molecule has 0 aliphatic carbocycles. The van der Waals surface area contributed by atoms with Crippen molar-refractivity contribution < 1.29 is 14.2 Å². The number of hydrogen-bond acceptors (Lipinski definition) is 3. The average Bonchev–Trinajstić information content (AvgIpc) is 2.53. The molecule has 0 N–H and O–H groups in total. The van der Waals surface area contributed by atoms with Crippen LogP contribution in [-0.4, -0.2) is 14.2 Å². The summed E-state index contributed by atoms with van der Waals surface area (Å²) in [6.07, 6.45) is 0.795. The van der Waals surface area contributed by atoms with Gasteiger partial charge in [-0.2, -0.15) is 0 Å². The SMILES string of the molecule is CCC(Oc1ccc(Cl)cc1)c1ccc(OC)c(OC)c1. The highest BCUT2D eigenvalue weighted by molar-refractivity contribution is 6.30. The number of methoxy groups -OCH3 is 2. The maximum Gasteiger partial charge on any atom is 0.161 e. The van der Waals surface area contributed by atoms with Gasteiger partial charge < -0.3 is 14.2 Å².